The average molecular weight is 326 g/mol. The molecule has 0 saturated heterocycles. The Labute approximate surface area is 130 Å². The number of rotatable bonds is 3. The number of hydrogen-bond acceptors (Lipinski definition) is 6. The molecule has 1 aromatic carbocycles. The van der Waals surface area contributed by atoms with Crippen LogP contribution in [0.2, 0.25) is 5.02 Å². The first-order valence-corrected chi connectivity index (χ1v) is 7.53. The maximum Gasteiger partial charge on any atom is 0.358 e. The van der Waals surface area contributed by atoms with E-state index in [0.717, 1.165) is 10.4 Å². The second-order valence-corrected chi connectivity index (χ2v) is 5.95. The number of aryl methyl sites for hydroxylation is 1. The Balaban J connectivity index is 2.00. The summed E-state index contributed by atoms with van der Waals surface area (Å²) in [6, 6.07) is 3.56. The number of carbonyl (C=O) groups excluding carboxylic acids is 1. The summed E-state index contributed by atoms with van der Waals surface area (Å²) in [6.07, 6.45) is 0. The third-order valence-corrected chi connectivity index (χ3v) is 4.24. The zero-order valence-corrected chi connectivity index (χ0v) is 13.0. The van der Waals surface area contributed by atoms with E-state index >= 15 is 0 Å². The molecule has 0 radical (unpaired) electrons. The molecule has 1 aliphatic rings. The lowest BCUT2D eigenvalue weighted by Gasteiger charge is -2.02. The summed E-state index contributed by atoms with van der Waals surface area (Å²) in [4.78, 5) is 17.0. The number of fused-ring (bicyclic) bond motifs is 1. The van der Waals surface area contributed by atoms with Crippen LogP contribution in [-0.2, 0) is 4.74 Å². The molecule has 0 amide bonds. The third kappa shape index (κ3) is 2.56. The van der Waals surface area contributed by atoms with E-state index in [1.54, 1.807) is 19.1 Å². The van der Waals surface area contributed by atoms with Gasteiger partial charge < -0.3 is 14.2 Å². The Bertz CT molecular complexity index is 713. The maximum atomic E-state index is 11.8. The molecule has 110 valence electrons. The number of thiazole rings is 1. The molecule has 0 N–H and O–H groups in total. The number of carbonyl (C=O) groups is 1. The number of esters is 1. The fourth-order valence-electron chi connectivity index (χ4n) is 2.00. The fraction of sp³-hybridized carbons (Fsp3) is 0.286. The van der Waals surface area contributed by atoms with Gasteiger partial charge in [0.15, 0.2) is 17.2 Å². The summed E-state index contributed by atoms with van der Waals surface area (Å²) in [5.74, 6) is 0.715. The topological polar surface area (TPSA) is 57.7 Å². The first-order chi connectivity index (χ1) is 10.1. The zero-order valence-electron chi connectivity index (χ0n) is 11.4. The molecule has 1 aromatic heterocycles. The van der Waals surface area contributed by atoms with Crippen molar-refractivity contribution in [3.05, 3.63) is 27.7 Å². The normalized spacial score (nSPS) is 12.5. The number of benzene rings is 1. The van der Waals surface area contributed by atoms with Crippen LogP contribution in [0.25, 0.3) is 10.6 Å². The van der Waals surface area contributed by atoms with Gasteiger partial charge in [0, 0.05) is 10.4 Å². The maximum absolute atomic E-state index is 11.8. The second kappa shape index (κ2) is 5.54. The average Bonchev–Trinajstić information content (AvgIpc) is 3.05. The van der Waals surface area contributed by atoms with E-state index in [4.69, 9.17) is 25.8 Å². The number of aromatic nitrogens is 1. The molecule has 0 unspecified atom stereocenters. The molecule has 7 heteroatoms. The van der Waals surface area contributed by atoms with Crippen LogP contribution in [0.4, 0.5) is 0 Å². The van der Waals surface area contributed by atoms with Crippen molar-refractivity contribution in [2.75, 3.05) is 13.4 Å². The van der Waals surface area contributed by atoms with Gasteiger partial charge >= 0.3 is 5.97 Å². The third-order valence-electron chi connectivity index (χ3n) is 2.94. The standard InChI is InChI=1S/C14H12ClNO4S/c1-3-18-14(17)11-7(2)21-13(16-11)8-4-9(15)12-10(5-8)19-6-20-12/h4-5H,3,6H2,1-2H3. The van der Waals surface area contributed by atoms with Crippen molar-refractivity contribution in [3.8, 4) is 22.1 Å². The minimum Gasteiger partial charge on any atom is -0.461 e. The van der Waals surface area contributed by atoms with Crippen LogP contribution >= 0.6 is 22.9 Å². The first-order valence-electron chi connectivity index (χ1n) is 6.34. The summed E-state index contributed by atoms with van der Waals surface area (Å²) in [6.45, 7) is 4.07. The van der Waals surface area contributed by atoms with Crippen LogP contribution in [0, 0.1) is 6.92 Å². The first kappa shape index (κ1) is 14.2. The quantitative estimate of drug-likeness (QED) is 0.806. The second-order valence-electron chi connectivity index (χ2n) is 4.34. The highest BCUT2D eigenvalue weighted by molar-refractivity contribution is 7.15. The van der Waals surface area contributed by atoms with Gasteiger partial charge in [-0.2, -0.15) is 0 Å². The van der Waals surface area contributed by atoms with Gasteiger partial charge in [0.05, 0.1) is 11.6 Å². The molecule has 2 aromatic rings. The van der Waals surface area contributed by atoms with E-state index in [1.807, 2.05) is 6.92 Å². The molecule has 3 rings (SSSR count). The van der Waals surface area contributed by atoms with Crippen LogP contribution in [0.1, 0.15) is 22.3 Å². The van der Waals surface area contributed by atoms with Crippen LogP contribution in [0.5, 0.6) is 11.5 Å². The number of hydrogen-bond donors (Lipinski definition) is 0. The van der Waals surface area contributed by atoms with Gasteiger partial charge in [0.2, 0.25) is 6.79 Å². The number of nitrogens with zero attached hydrogens (tertiary/aromatic N) is 1. The summed E-state index contributed by atoms with van der Waals surface area (Å²) < 4.78 is 15.6. The number of ether oxygens (including phenoxy) is 3. The van der Waals surface area contributed by atoms with E-state index in [2.05, 4.69) is 4.98 Å². The van der Waals surface area contributed by atoms with Crippen molar-refractivity contribution < 1.29 is 19.0 Å². The van der Waals surface area contributed by atoms with Crippen molar-refractivity contribution >= 4 is 28.9 Å². The SMILES string of the molecule is CCOC(=O)c1nc(-c2cc(Cl)c3c(c2)OCO3)sc1C. The van der Waals surface area contributed by atoms with Gasteiger partial charge in [-0.25, -0.2) is 9.78 Å². The molecule has 0 spiro atoms. The molecule has 2 heterocycles. The van der Waals surface area contributed by atoms with Crippen molar-refractivity contribution in [1.29, 1.82) is 0 Å². The molecule has 5 nitrogen and oxygen atoms in total. The Kier molecular flexibility index (Phi) is 3.73. The van der Waals surface area contributed by atoms with E-state index in [9.17, 15) is 4.79 Å². The minimum atomic E-state index is -0.413. The van der Waals surface area contributed by atoms with E-state index < -0.39 is 5.97 Å². The molecule has 0 saturated carbocycles. The highest BCUT2D eigenvalue weighted by Gasteiger charge is 2.22. The number of halogens is 1. The highest BCUT2D eigenvalue weighted by atomic mass is 35.5. The van der Waals surface area contributed by atoms with Gasteiger partial charge in [0.25, 0.3) is 0 Å². The predicted octanol–water partition coefficient (Wildman–Crippen LogP) is 3.68. The fourth-order valence-corrected chi connectivity index (χ4v) is 3.15. The lowest BCUT2D eigenvalue weighted by atomic mass is 10.2. The molecule has 21 heavy (non-hydrogen) atoms. The van der Waals surface area contributed by atoms with E-state index in [-0.39, 0.29) is 6.79 Å². The van der Waals surface area contributed by atoms with Crippen molar-refractivity contribution in [1.82, 2.24) is 4.98 Å². The Hall–Kier alpha value is -1.79. The van der Waals surface area contributed by atoms with Crippen LogP contribution < -0.4 is 9.47 Å². The predicted molar refractivity (Wildman–Crippen MR) is 79.4 cm³/mol. The summed E-state index contributed by atoms with van der Waals surface area (Å²) >= 11 is 7.57. The molecule has 1 aliphatic heterocycles. The van der Waals surface area contributed by atoms with Crippen molar-refractivity contribution in [3.63, 3.8) is 0 Å². The molecule has 0 aliphatic carbocycles. The molecule has 0 atom stereocenters. The lowest BCUT2D eigenvalue weighted by Crippen LogP contribution is -2.06. The Morgan fingerprint density at radius 2 is 2.29 bits per heavy atom. The minimum absolute atomic E-state index is 0.156. The Morgan fingerprint density at radius 1 is 1.48 bits per heavy atom. The van der Waals surface area contributed by atoms with Crippen molar-refractivity contribution in [2.24, 2.45) is 0 Å². The molecular weight excluding hydrogens is 314 g/mol. The molecule has 0 bridgehead atoms. The van der Waals surface area contributed by atoms with E-state index in [0.29, 0.717) is 33.8 Å². The summed E-state index contributed by atoms with van der Waals surface area (Å²) in [5, 5.41) is 1.15. The summed E-state index contributed by atoms with van der Waals surface area (Å²) in [7, 11) is 0. The van der Waals surface area contributed by atoms with Gasteiger partial charge in [-0.15, -0.1) is 11.3 Å². The zero-order chi connectivity index (χ0) is 15.0. The van der Waals surface area contributed by atoms with Crippen LogP contribution in [-0.4, -0.2) is 24.4 Å². The summed E-state index contributed by atoms with van der Waals surface area (Å²) in [5.41, 5.74) is 1.12. The molecular formula is C14H12ClNO4S. The van der Waals surface area contributed by atoms with Crippen LogP contribution in [0.3, 0.4) is 0 Å². The van der Waals surface area contributed by atoms with Gasteiger partial charge in [0.1, 0.15) is 5.01 Å². The smallest absolute Gasteiger partial charge is 0.358 e. The van der Waals surface area contributed by atoms with Crippen LogP contribution in [0.15, 0.2) is 12.1 Å². The Morgan fingerprint density at radius 3 is 3.05 bits per heavy atom. The lowest BCUT2D eigenvalue weighted by molar-refractivity contribution is 0.0519. The molecule has 0 fully saturated rings. The van der Waals surface area contributed by atoms with E-state index in [1.165, 1.54) is 11.3 Å². The van der Waals surface area contributed by atoms with Gasteiger partial charge in [-0.1, -0.05) is 11.6 Å². The van der Waals surface area contributed by atoms with Crippen molar-refractivity contribution in [2.45, 2.75) is 13.8 Å². The largest absolute Gasteiger partial charge is 0.461 e. The highest BCUT2D eigenvalue weighted by Crippen LogP contribution is 2.43. The monoisotopic (exact) mass is 325 g/mol. The van der Waals surface area contributed by atoms with Gasteiger partial charge in [-0.3, -0.25) is 0 Å². The van der Waals surface area contributed by atoms with Gasteiger partial charge in [-0.05, 0) is 26.0 Å².